The fraction of sp³-hybridized carbons (Fsp3) is 0.292. The van der Waals surface area contributed by atoms with Gasteiger partial charge in [0.25, 0.3) is 0 Å². The first-order chi connectivity index (χ1) is 15.5. The highest BCUT2D eigenvalue weighted by molar-refractivity contribution is 9.10. The molecule has 0 atom stereocenters. The van der Waals surface area contributed by atoms with Crippen molar-refractivity contribution < 1.29 is 29.1 Å². The maximum atomic E-state index is 13.0. The lowest BCUT2D eigenvalue weighted by Gasteiger charge is -2.32. The molecule has 0 spiro atoms. The molecule has 7 nitrogen and oxygen atoms in total. The molecule has 0 unspecified atom stereocenters. The minimum atomic E-state index is -0.245. The summed E-state index contributed by atoms with van der Waals surface area (Å²) in [5.41, 5.74) is 1.68. The number of ether oxygens (including phenoxy) is 1. The Labute approximate surface area is 193 Å². The van der Waals surface area contributed by atoms with E-state index in [1.54, 1.807) is 12.1 Å². The number of Topliss-reactive ketones (excluding diaryl/α,β-unsaturated/α-hetero) is 1. The Balaban J connectivity index is 1.39. The highest BCUT2D eigenvalue weighted by atomic mass is 79.9. The Morgan fingerprint density at radius 3 is 2.78 bits per heavy atom. The van der Waals surface area contributed by atoms with Crippen LogP contribution >= 0.6 is 15.9 Å². The van der Waals surface area contributed by atoms with Gasteiger partial charge in [-0.25, -0.2) is 0 Å². The lowest BCUT2D eigenvalue weighted by atomic mass is 10.0. The van der Waals surface area contributed by atoms with E-state index in [1.165, 1.54) is 11.0 Å². The zero-order valence-electron chi connectivity index (χ0n) is 17.4. The molecule has 5 rings (SSSR count). The van der Waals surface area contributed by atoms with Crippen molar-refractivity contribution in [3.8, 4) is 11.5 Å². The molecular weight excluding hydrogens is 476 g/mol. The smallest absolute Gasteiger partial charge is 0.232 e. The van der Waals surface area contributed by atoms with E-state index in [-0.39, 0.29) is 23.9 Å². The van der Waals surface area contributed by atoms with Crippen LogP contribution in [-0.2, 0) is 6.54 Å². The van der Waals surface area contributed by atoms with E-state index in [9.17, 15) is 9.90 Å². The molecule has 1 saturated heterocycles. The average Bonchev–Trinajstić information content (AvgIpc) is 3.32. The van der Waals surface area contributed by atoms with Crippen molar-refractivity contribution in [1.82, 2.24) is 4.90 Å². The predicted molar refractivity (Wildman–Crippen MR) is 121 cm³/mol. The van der Waals surface area contributed by atoms with E-state index >= 15 is 0 Å². The number of furan rings is 1. The molecule has 0 bridgehead atoms. The second-order valence-corrected chi connectivity index (χ2v) is 9.10. The largest absolute Gasteiger partial charge is 0.872 e. The second-order valence-electron chi connectivity index (χ2n) is 8.18. The van der Waals surface area contributed by atoms with E-state index in [4.69, 9.17) is 14.3 Å². The standard InChI is InChI=1S/C24H23BrN2O5/c25-16-1-4-21-15(11-16)12-17(31-21)13-22-23(30)18-2-3-20(29)19(24(18)32-22)14-27-7-5-26(6-8-27)9-10-28/h1-4,11-13,28-29H,5-10,14H2/b22-13-. The Bertz CT molecular complexity index is 1210. The number of carbonyl (C=O) groups excluding carboxylic acids is 1. The highest BCUT2D eigenvalue weighted by Gasteiger charge is 2.32. The number of quaternary nitrogens is 1. The van der Waals surface area contributed by atoms with Crippen molar-refractivity contribution in [1.29, 1.82) is 0 Å². The number of allylic oxidation sites excluding steroid dienone is 1. The monoisotopic (exact) mass is 498 g/mol. The molecule has 3 aromatic rings. The van der Waals surface area contributed by atoms with Gasteiger partial charge in [-0.3, -0.25) is 9.69 Å². The summed E-state index contributed by atoms with van der Waals surface area (Å²) in [5, 5.41) is 22.7. The van der Waals surface area contributed by atoms with Crippen LogP contribution in [-0.4, -0.2) is 55.1 Å². The van der Waals surface area contributed by atoms with Gasteiger partial charge in [0, 0.05) is 41.1 Å². The number of hydrogen-bond donors (Lipinski definition) is 2. The number of rotatable bonds is 5. The first-order valence-electron chi connectivity index (χ1n) is 10.6. The van der Waals surface area contributed by atoms with Crippen LogP contribution in [0.25, 0.3) is 17.0 Å². The molecule has 8 heteroatoms. The number of nitrogens with one attached hydrogen (secondary N) is 1. The maximum Gasteiger partial charge on any atom is 0.232 e. The quantitative estimate of drug-likeness (QED) is 0.519. The van der Waals surface area contributed by atoms with Gasteiger partial charge < -0.3 is 24.3 Å². The third-order valence-electron chi connectivity index (χ3n) is 6.07. The van der Waals surface area contributed by atoms with Gasteiger partial charge in [0.15, 0.2) is 5.76 Å². The van der Waals surface area contributed by atoms with E-state index in [0.29, 0.717) is 35.7 Å². The first kappa shape index (κ1) is 21.2. The molecule has 2 N–H and O–H groups in total. The summed E-state index contributed by atoms with van der Waals surface area (Å²) >= 11 is 3.44. The van der Waals surface area contributed by atoms with Crippen LogP contribution in [0.1, 0.15) is 21.7 Å². The van der Waals surface area contributed by atoms with Gasteiger partial charge in [0.2, 0.25) is 5.78 Å². The van der Waals surface area contributed by atoms with Gasteiger partial charge in [0.1, 0.15) is 23.6 Å². The second kappa shape index (κ2) is 8.71. The van der Waals surface area contributed by atoms with Crippen molar-refractivity contribution in [2.45, 2.75) is 6.54 Å². The van der Waals surface area contributed by atoms with Crippen molar-refractivity contribution in [3.05, 3.63) is 63.5 Å². The van der Waals surface area contributed by atoms with Crippen molar-refractivity contribution in [3.63, 3.8) is 0 Å². The number of nitrogens with zero attached hydrogens (tertiary/aromatic N) is 1. The maximum absolute atomic E-state index is 13.0. The Kier molecular flexibility index (Phi) is 5.77. The number of aliphatic hydroxyl groups is 1. The average molecular weight is 499 g/mol. The zero-order valence-corrected chi connectivity index (χ0v) is 19.0. The molecule has 3 heterocycles. The number of β-amino-alcohol motifs (C(OH)–C–C–N with tert-alkyl or cyclic N) is 1. The molecule has 1 fully saturated rings. The van der Waals surface area contributed by atoms with Gasteiger partial charge in [-0.15, -0.1) is 0 Å². The van der Waals surface area contributed by atoms with Crippen LogP contribution in [0.2, 0.25) is 0 Å². The fourth-order valence-electron chi connectivity index (χ4n) is 4.35. The Morgan fingerprint density at radius 1 is 1.19 bits per heavy atom. The van der Waals surface area contributed by atoms with Gasteiger partial charge in [-0.05, 0) is 30.3 Å². The van der Waals surface area contributed by atoms with E-state index in [1.807, 2.05) is 24.3 Å². The van der Waals surface area contributed by atoms with Gasteiger partial charge in [-0.2, -0.15) is 0 Å². The molecule has 32 heavy (non-hydrogen) atoms. The summed E-state index contributed by atoms with van der Waals surface area (Å²) in [6.07, 6.45) is 1.59. The summed E-state index contributed by atoms with van der Waals surface area (Å²) in [6, 6.07) is 10.6. The van der Waals surface area contributed by atoms with Gasteiger partial charge >= 0.3 is 0 Å². The van der Waals surface area contributed by atoms with Crippen molar-refractivity contribution in [2.75, 3.05) is 39.3 Å². The summed E-state index contributed by atoms with van der Waals surface area (Å²) in [7, 11) is 0. The first-order valence-corrected chi connectivity index (χ1v) is 11.4. The van der Waals surface area contributed by atoms with Crippen LogP contribution in [0.5, 0.6) is 11.5 Å². The summed E-state index contributed by atoms with van der Waals surface area (Å²) in [6.45, 7) is 4.81. The van der Waals surface area contributed by atoms with Crippen LogP contribution in [0.3, 0.4) is 0 Å². The third-order valence-corrected chi connectivity index (χ3v) is 6.57. The van der Waals surface area contributed by atoms with Gasteiger partial charge in [0.05, 0.1) is 25.3 Å². The van der Waals surface area contributed by atoms with Crippen LogP contribution < -0.4 is 14.7 Å². The van der Waals surface area contributed by atoms with E-state index < -0.39 is 0 Å². The van der Waals surface area contributed by atoms with Gasteiger partial charge in [-0.1, -0.05) is 27.7 Å². The molecule has 1 aromatic heterocycles. The summed E-state index contributed by atoms with van der Waals surface area (Å²) < 4.78 is 12.7. The van der Waals surface area contributed by atoms with E-state index in [2.05, 4.69) is 20.8 Å². The number of piperazine rings is 1. The zero-order chi connectivity index (χ0) is 22.2. The number of carbonyl (C=O) groups is 1. The highest BCUT2D eigenvalue weighted by Crippen LogP contribution is 2.38. The number of hydrogen-bond acceptors (Lipinski definition) is 6. The molecule has 166 valence electrons. The molecule has 0 saturated carbocycles. The summed E-state index contributed by atoms with van der Waals surface area (Å²) in [5.74, 6) is 0.691. The van der Waals surface area contributed by atoms with E-state index in [0.717, 1.165) is 41.6 Å². The lowest BCUT2D eigenvalue weighted by Crippen LogP contribution is -3.13. The number of ketones is 1. The topological polar surface area (TPSA) is 90.4 Å². The fourth-order valence-corrected chi connectivity index (χ4v) is 4.73. The normalized spacial score (nSPS) is 18.4. The molecule has 0 radical (unpaired) electrons. The Hall–Kier alpha value is -2.65. The molecule has 2 aliphatic heterocycles. The molecular formula is C24H23BrN2O5. The molecule has 2 aromatic carbocycles. The van der Waals surface area contributed by atoms with Crippen molar-refractivity contribution in [2.24, 2.45) is 0 Å². The van der Waals surface area contributed by atoms with Crippen LogP contribution in [0, 0.1) is 0 Å². The number of fused-ring (bicyclic) bond motifs is 2. The van der Waals surface area contributed by atoms with Crippen LogP contribution in [0.4, 0.5) is 0 Å². The number of benzene rings is 2. The number of halogens is 1. The minimum Gasteiger partial charge on any atom is -0.872 e. The third kappa shape index (κ3) is 4.06. The lowest BCUT2D eigenvalue weighted by molar-refractivity contribution is -0.918. The van der Waals surface area contributed by atoms with Crippen molar-refractivity contribution >= 4 is 38.8 Å². The molecule has 0 amide bonds. The molecule has 0 aliphatic carbocycles. The minimum absolute atomic E-state index is 0.114. The predicted octanol–water partition coefficient (Wildman–Crippen LogP) is 1.58. The Morgan fingerprint density at radius 2 is 2.00 bits per heavy atom. The number of aliphatic hydroxyl groups excluding tert-OH is 1. The summed E-state index contributed by atoms with van der Waals surface area (Å²) in [4.78, 5) is 16.4. The SMILES string of the molecule is O=C1/C(=C/c2cc3cc(Br)ccc3o2)Oc2c1ccc([O-])c2C[NH+]1CCN(CCO)CC1. The van der Waals surface area contributed by atoms with Crippen LogP contribution in [0.15, 0.2) is 51.0 Å². The molecule has 2 aliphatic rings.